The number of hydrogen-bond acceptors (Lipinski definition) is 4. The summed E-state index contributed by atoms with van der Waals surface area (Å²) in [5.41, 5.74) is 3.20. The van der Waals surface area contributed by atoms with Gasteiger partial charge >= 0.3 is 0 Å². The number of piperazine rings is 1. The minimum Gasteiger partial charge on any atom is -0.497 e. The number of carbonyl (C=O) groups excluding carboxylic acids is 1. The highest BCUT2D eigenvalue weighted by Gasteiger charge is 2.19. The Balaban J connectivity index is 0.00000363. The third-order valence-electron chi connectivity index (χ3n) is 5.39. The van der Waals surface area contributed by atoms with Gasteiger partial charge in [0.15, 0.2) is 5.96 Å². The van der Waals surface area contributed by atoms with E-state index in [1.807, 2.05) is 50.4 Å². The van der Waals surface area contributed by atoms with Crippen molar-refractivity contribution in [3.05, 3.63) is 54.1 Å². The molecule has 1 amide bonds. The number of aliphatic imine (C=N–C) groups is 1. The lowest BCUT2D eigenvalue weighted by Crippen LogP contribution is -2.52. The van der Waals surface area contributed by atoms with E-state index >= 15 is 0 Å². The number of nitrogens with one attached hydrogen (secondary N) is 2. The lowest BCUT2D eigenvalue weighted by atomic mass is 10.2. The third kappa shape index (κ3) is 7.29. The van der Waals surface area contributed by atoms with Gasteiger partial charge < -0.3 is 25.2 Å². The summed E-state index contributed by atoms with van der Waals surface area (Å²) in [6, 6.07) is 16.2. The summed E-state index contributed by atoms with van der Waals surface area (Å²) in [5, 5.41) is 6.38. The third-order valence-corrected chi connectivity index (χ3v) is 5.39. The van der Waals surface area contributed by atoms with Crippen LogP contribution >= 0.6 is 24.0 Å². The molecule has 7 nitrogen and oxygen atoms in total. The molecule has 1 aliphatic heterocycles. The Morgan fingerprint density at radius 2 is 1.69 bits per heavy atom. The van der Waals surface area contributed by atoms with Crippen molar-refractivity contribution in [1.82, 2.24) is 10.2 Å². The number of anilines is 2. The summed E-state index contributed by atoms with van der Waals surface area (Å²) in [6.45, 7) is 6.40. The first-order valence-corrected chi connectivity index (χ1v) is 10.9. The van der Waals surface area contributed by atoms with Gasteiger partial charge in [0.2, 0.25) is 5.91 Å². The van der Waals surface area contributed by atoms with Crippen LogP contribution in [0, 0.1) is 0 Å². The van der Waals surface area contributed by atoms with E-state index in [-0.39, 0.29) is 29.9 Å². The van der Waals surface area contributed by atoms with Crippen LogP contribution in [0.15, 0.2) is 53.5 Å². The number of hydrogen-bond donors (Lipinski definition) is 2. The maximum atomic E-state index is 11.7. The molecule has 0 aliphatic carbocycles. The number of rotatable bonds is 7. The van der Waals surface area contributed by atoms with Crippen LogP contribution in [0.2, 0.25) is 0 Å². The maximum absolute atomic E-state index is 11.7. The number of amides is 1. The lowest BCUT2D eigenvalue weighted by Gasteiger charge is -2.37. The van der Waals surface area contributed by atoms with Crippen LogP contribution in [0.4, 0.5) is 11.4 Å². The molecule has 0 bridgehead atoms. The average Bonchev–Trinajstić information content (AvgIpc) is 2.81. The van der Waals surface area contributed by atoms with Crippen LogP contribution in [0.3, 0.4) is 0 Å². The Morgan fingerprint density at radius 1 is 1.03 bits per heavy atom. The standard InChI is InChI=1S/C24H33N5O2.HI/c1-4-5-23(30)27-20-8-6-19(7-9-20)18-26-24(25-2)29-16-14-28(15-17-29)21-10-12-22(31-3)13-11-21;/h6-13H,4-5,14-18H2,1-3H3,(H,25,26)(H,27,30);1H. The molecule has 1 heterocycles. The molecule has 0 aromatic heterocycles. The molecule has 1 fully saturated rings. The van der Waals surface area contributed by atoms with E-state index in [4.69, 9.17) is 4.74 Å². The minimum atomic E-state index is 0. The molecule has 1 aliphatic rings. The monoisotopic (exact) mass is 551 g/mol. The summed E-state index contributed by atoms with van der Waals surface area (Å²) < 4.78 is 5.25. The van der Waals surface area contributed by atoms with Gasteiger partial charge in [0, 0.05) is 57.6 Å². The second-order valence-electron chi connectivity index (χ2n) is 7.57. The summed E-state index contributed by atoms with van der Waals surface area (Å²) in [6.07, 6.45) is 1.40. The quantitative estimate of drug-likeness (QED) is 0.310. The van der Waals surface area contributed by atoms with E-state index in [2.05, 4.69) is 37.6 Å². The SMILES string of the molecule is CCCC(=O)Nc1ccc(CNC(=NC)N2CCN(c3ccc(OC)cc3)CC2)cc1.I. The number of halogens is 1. The van der Waals surface area contributed by atoms with Gasteiger partial charge in [-0.1, -0.05) is 19.1 Å². The topological polar surface area (TPSA) is 69.2 Å². The fourth-order valence-corrected chi connectivity index (χ4v) is 3.64. The van der Waals surface area contributed by atoms with Gasteiger partial charge in [0.25, 0.3) is 0 Å². The van der Waals surface area contributed by atoms with E-state index in [1.54, 1.807) is 7.11 Å². The fraction of sp³-hybridized carbons (Fsp3) is 0.417. The number of ether oxygens (including phenoxy) is 1. The molecule has 2 N–H and O–H groups in total. The van der Waals surface area contributed by atoms with Gasteiger partial charge in [-0.3, -0.25) is 9.79 Å². The van der Waals surface area contributed by atoms with Crippen molar-refractivity contribution >= 4 is 47.2 Å². The normalized spacial score (nSPS) is 13.9. The Bertz CT molecular complexity index is 863. The Labute approximate surface area is 208 Å². The summed E-state index contributed by atoms with van der Waals surface area (Å²) >= 11 is 0. The van der Waals surface area contributed by atoms with Gasteiger partial charge in [-0.2, -0.15) is 0 Å². The van der Waals surface area contributed by atoms with Crippen molar-refractivity contribution in [2.45, 2.75) is 26.3 Å². The number of guanidine groups is 1. The summed E-state index contributed by atoms with van der Waals surface area (Å²) in [7, 11) is 3.51. The molecule has 0 atom stereocenters. The number of benzene rings is 2. The molecular formula is C24H34IN5O2. The fourth-order valence-electron chi connectivity index (χ4n) is 3.64. The van der Waals surface area contributed by atoms with Crippen molar-refractivity contribution in [1.29, 1.82) is 0 Å². The van der Waals surface area contributed by atoms with E-state index in [9.17, 15) is 4.79 Å². The van der Waals surface area contributed by atoms with Crippen molar-refractivity contribution in [2.75, 3.05) is 50.6 Å². The predicted octanol–water partition coefficient (Wildman–Crippen LogP) is 3.95. The highest BCUT2D eigenvalue weighted by Crippen LogP contribution is 2.20. The Morgan fingerprint density at radius 3 is 2.25 bits per heavy atom. The minimum absolute atomic E-state index is 0. The molecule has 32 heavy (non-hydrogen) atoms. The zero-order chi connectivity index (χ0) is 22.1. The second kappa shape index (κ2) is 13.1. The van der Waals surface area contributed by atoms with Gasteiger partial charge in [0.05, 0.1) is 7.11 Å². The van der Waals surface area contributed by atoms with Crippen LogP contribution in [-0.2, 0) is 11.3 Å². The molecule has 1 saturated heterocycles. The van der Waals surface area contributed by atoms with Gasteiger partial charge in [0.1, 0.15) is 5.75 Å². The van der Waals surface area contributed by atoms with Crippen LogP contribution in [-0.4, -0.2) is 57.1 Å². The van der Waals surface area contributed by atoms with Crippen LogP contribution in [0.1, 0.15) is 25.3 Å². The molecule has 0 spiro atoms. The molecule has 2 aromatic rings. The molecule has 174 valence electrons. The van der Waals surface area contributed by atoms with Crippen molar-refractivity contribution in [3.63, 3.8) is 0 Å². The molecule has 0 saturated carbocycles. The Hall–Kier alpha value is -2.49. The smallest absolute Gasteiger partial charge is 0.224 e. The molecule has 0 radical (unpaired) electrons. The largest absolute Gasteiger partial charge is 0.497 e. The van der Waals surface area contributed by atoms with Crippen molar-refractivity contribution in [3.8, 4) is 5.75 Å². The average molecular weight is 551 g/mol. The second-order valence-corrected chi connectivity index (χ2v) is 7.57. The number of carbonyl (C=O) groups is 1. The highest BCUT2D eigenvalue weighted by atomic mass is 127. The first kappa shape index (κ1) is 25.8. The molecule has 8 heteroatoms. The molecular weight excluding hydrogens is 517 g/mol. The van der Waals surface area contributed by atoms with Gasteiger partial charge in [-0.25, -0.2) is 0 Å². The lowest BCUT2D eigenvalue weighted by molar-refractivity contribution is -0.116. The van der Waals surface area contributed by atoms with Crippen LogP contribution in [0.25, 0.3) is 0 Å². The molecule has 2 aromatic carbocycles. The summed E-state index contributed by atoms with van der Waals surface area (Å²) in [5.74, 6) is 1.85. The summed E-state index contributed by atoms with van der Waals surface area (Å²) in [4.78, 5) is 20.9. The van der Waals surface area contributed by atoms with E-state index in [0.29, 0.717) is 13.0 Å². The first-order chi connectivity index (χ1) is 15.1. The van der Waals surface area contributed by atoms with Gasteiger partial charge in [-0.05, 0) is 48.4 Å². The Kier molecular flexibility index (Phi) is 10.6. The van der Waals surface area contributed by atoms with Crippen molar-refractivity contribution in [2.24, 2.45) is 4.99 Å². The number of nitrogens with zero attached hydrogens (tertiary/aromatic N) is 3. The van der Waals surface area contributed by atoms with E-state index < -0.39 is 0 Å². The predicted molar refractivity (Wildman–Crippen MR) is 142 cm³/mol. The first-order valence-electron chi connectivity index (χ1n) is 10.9. The van der Waals surface area contributed by atoms with Crippen LogP contribution in [0.5, 0.6) is 5.75 Å². The van der Waals surface area contributed by atoms with Crippen molar-refractivity contribution < 1.29 is 9.53 Å². The zero-order valence-corrected chi connectivity index (χ0v) is 21.5. The van der Waals surface area contributed by atoms with E-state index in [1.165, 1.54) is 5.69 Å². The molecule has 3 rings (SSSR count). The highest BCUT2D eigenvalue weighted by molar-refractivity contribution is 14.0. The van der Waals surface area contributed by atoms with Crippen LogP contribution < -0.4 is 20.3 Å². The zero-order valence-electron chi connectivity index (χ0n) is 19.1. The molecule has 0 unspecified atom stereocenters. The maximum Gasteiger partial charge on any atom is 0.224 e. The van der Waals surface area contributed by atoms with Gasteiger partial charge in [-0.15, -0.1) is 24.0 Å². The number of methoxy groups -OCH3 is 1. The van der Waals surface area contributed by atoms with E-state index in [0.717, 1.165) is 55.6 Å².